The van der Waals surface area contributed by atoms with Gasteiger partial charge in [-0.2, -0.15) is 0 Å². The number of carbonyl (C=O) groups excluding carboxylic acids is 1. The maximum atomic E-state index is 12.5. The van der Waals surface area contributed by atoms with Crippen LogP contribution in [0.2, 0.25) is 0 Å². The lowest BCUT2D eigenvalue weighted by Gasteiger charge is -2.10. The van der Waals surface area contributed by atoms with Crippen molar-refractivity contribution in [3.8, 4) is 0 Å². The second-order valence-corrected chi connectivity index (χ2v) is 7.97. The summed E-state index contributed by atoms with van der Waals surface area (Å²) in [5.41, 5.74) is 3.22. The molecule has 6 nitrogen and oxygen atoms in total. The zero-order valence-electron chi connectivity index (χ0n) is 14.8. The normalized spacial score (nSPS) is 11.5. The number of aryl methyl sites for hydroxylation is 2. The van der Waals surface area contributed by atoms with Crippen LogP contribution in [0.5, 0.6) is 0 Å². The number of hydrogen-bond donors (Lipinski definition) is 2. The van der Waals surface area contributed by atoms with Crippen molar-refractivity contribution in [1.29, 1.82) is 0 Å². The van der Waals surface area contributed by atoms with Crippen molar-refractivity contribution in [2.24, 2.45) is 0 Å². The van der Waals surface area contributed by atoms with Gasteiger partial charge in [-0.25, -0.2) is 8.42 Å². The number of sulfonamides is 1. The van der Waals surface area contributed by atoms with Gasteiger partial charge < -0.3 is 9.73 Å². The summed E-state index contributed by atoms with van der Waals surface area (Å²) in [4.78, 5) is 12.5. The van der Waals surface area contributed by atoms with Gasteiger partial charge in [-0.1, -0.05) is 24.3 Å². The van der Waals surface area contributed by atoms with Gasteiger partial charge in [0.05, 0.1) is 11.9 Å². The summed E-state index contributed by atoms with van der Waals surface area (Å²) in [6, 6.07) is 12.6. The van der Waals surface area contributed by atoms with Gasteiger partial charge in [0.1, 0.15) is 11.3 Å². The van der Waals surface area contributed by atoms with E-state index in [0.717, 1.165) is 34.1 Å². The minimum absolute atomic E-state index is 0.286. The number of benzene rings is 2. The lowest BCUT2D eigenvalue weighted by atomic mass is 10.1. The number of furan rings is 1. The summed E-state index contributed by atoms with van der Waals surface area (Å²) in [5.74, 6) is 0.473. The fourth-order valence-corrected chi connectivity index (χ4v) is 3.40. The number of rotatable bonds is 5. The van der Waals surface area contributed by atoms with E-state index in [1.165, 1.54) is 6.07 Å². The lowest BCUT2D eigenvalue weighted by molar-refractivity contribution is 0.0951. The molecule has 7 heteroatoms. The third kappa shape index (κ3) is 3.88. The van der Waals surface area contributed by atoms with Crippen LogP contribution in [-0.2, 0) is 16.6 Å². The molecule has 0 radical (unpaired) electrons. The molecule has 3 aromatic rings. The van der Waals surface area contributed by atoms with E-state index in [1.54, 1.807) is 19.1 Å². The molecule has 0 bridgehead atoms. The Morgan fingerprint density at radius 1 is 1.12 bits per heavy atom. The zero-order valence-corrected chi connectivity index (χ0v) is 15.6. The largest absolute Gasteiger partial charge is 0.461 e. The van der Waals surface area contributed by atoms with Gasteiger partial charge in [-0.15, -0.1) is 0 Å². The molecule has 0 aliphatic carbocycles. The van der Waals surface area contributed by atoms with Crippen LogP contribution >= 0.6 is 0 Å². The highest BCUT2D eigenvalue weighted by Crippen LogP contribution is 2.25. The molecule has 0 aliphatic heterocycles. The van der Waals surface area contributed by atoms with E-state index >= 15 is 0 Å². The van der Waals surface area contributed by atoms with Crippen molar-refractivity contribution >= 4 is 32.6 Å². The molecule has 1 aromatic heterocycles. The van der Waals surface area contributed by atoms with Crippen LogP contribution in [-0.4, -0.2) is 20.6 Å². The fourth-order valence-electron chi connectivity index (χ4n) is 2.78. The SMILES string of the molecule is Cc1ccc(C(=O)NCc2c(C)oc3ccccc23)cc1NS(C)(=O)=O. The predicted octanol–water partition coefficient (Wildman–Crippen LogP) is 3.35. The minimum atomic E-state index is -3.41. The molecule has 26 heavy (non-hydrogen) atoms. The van der Waals surface area contributed by atoms with Crippen LogP contribution < -0.4 is 10.0 Å². The second-order valence-electron chi connectivity index (χ2n) is 6.22. The van der Waals surface area contributed by atoms with Crippen LogP contribution in [0, 0.1) is 13.8 Å². The first kappa shape index (κ1) is 18.0. The molecule has 1 heterocycles. The van der Waals surface area contributed by atoms with E-state index in [0.29, 0.717) is 17.8 Å². The van der Waals surface area contributed by atoms with Gasteiger partial charge in [0.15, 0.2) is 0 Å². The standard InChI is InChI=1S/C19H20N2O4S/c1-12-8-9-14(10-17(12)21-26(3,23)24)19(22)20-11-16-13(2)25-18-7-5-4-6-15(16)18/h4-10,21H,11H2,1-3H3,(H,20,22). The van der Waals surface area contributed by atoms with Gasteiger partial charge >= 0.3 is 0 Å². The summed E-state index contributed by atoms with van der Waals surface area (Å²) in [7, 11) is -3.41. The third-order valence-electron chi connectivity index (χ3n) is 4.12. The molecule has 0 aliphatic rings. The quantitative estimate of drug-likeness (QED) is 0.719. The predicted molar refractivity (Wildman–Crippen MR) is 102 cm³/mol. The molecule has 0 fully saturated rings. The molecule has 0 unspecified atom stereocenters. The number of fused-ring (bicyclic) bond motifs is 1. The van der Waals surface area contributed by atoms with Gasteiger partial charge in [0, 0.05) is 23.1 Å². The summed E-state index contributed by atoms with van der Waals surface area (Å²) < 4.78 is 31.0. The monoisotopic (exact) mass is 372 g/mol. The van der Waals surface area contributed by atoms with E-state index in [1.807, 2.05) is 31.2 Å². The number of hydrogen-bond acceptors (Lipinski definition) is 4. The van der Waals surface area contributed by atoms with E-state index in [-0.39, 0.29) is 5.91 Å². The molecule has 2 aromatic carbocycles. The van der Waals surface area contributed by atoms with Crippen LogP contribution in [0.3, 0.4) is 0 Å². The van der Waals surface area contributed by atoms with Crippen molar-refractivity contribution in [2.45, 2.75) is 20.4 Å². The Bertz CT molecular complexity index is 1080. The molecule has 0 atom stereocenters. The lowest BCUT2D eigenvalue weighted by Crippen LogP contribution is -2.23. The van der Waals surface area contributed by atoms with E-state index in [2.05, 4.69) is 10.0 Å². The molecule has 0 spiro atoms. The Hall–Kier alpha value is -2.80. The number of anilines is 1. The van der Waals surface area contributed by atoms with E-state index < -0.39 is 10.0 Å². The first-order chi connectivity index (χ1) is 12.2. The molecule has 2 N–H and O–H groups in total. The smallest absolute Gasteiger partial charge is 0.251 e. The Labute approximate surface area is 152 Å². The van der Waals surface area contributed by atoms with Crippen molar-refractivity contribution < 1.29 is 17.6 Å². The molecule has 1 amide bonds. The Balaban J connectivity index is 1.80. The number of nitrogens with one attached hydrogen (secondary N) is 2. The second kappa shape index (κ2) is 6.84. The van der Waals surface area contributed by atoms with Gasteiger partial charge in [-0.3, -0.25) is 9.52 Å². The first-order valence-electron chi connectivity index (χ1n) is 8.08. The van der Waals surface area contributed by atoms with E-state index in [9.17, 15) is 13.2 Å². The number of amides is 1. The highest BCUT2D eigenvalue weighted by molar-refractivity contribution is 7.92. The maximum absolute atomic E-state index is 12.5. The van der Waals surface area contributed by atoms with Crippen molar-refractivity contribution in [3.63, 3.8) is 0 Å². The van der Waals surface area contributed by atoms with Crippen molar-refractivity contribution in [1.82, 2.24) is 5.32 Å². The summed E-state index contributed by atoms with van der Waals surface area (Å²) in [6.07, 6.45) is 1.08. The van der Waals surface area contributed by atoms with E-state index in [4.69, 9.17) is 4.42 Å². The summed E-state index contributed by atoms with van der Waals surface area (Å²) in [6.45, 7) is 3.96. The average Bonchev–Trinajstić information content (AvgIpc) is 2.88. The topological polar surface area (TPSA) is 88.4 Å². The molecule has 136 valence electrons. The van der Waals surface area contributed by atoms with Gasteiger partial charge in [0.25, 0.3) is 5.91 Å². The zero-order chi connectivity index (χ0) is 18.9. The summed E-state index contributed by atoms with van der Waals surface area (Å²) >= 11 is 0. The molecular formula is C19H20N2O4S. The van der Waals surface area contributed by atoms with Crippen molar-refractivity contribution in [3.05, 3.63) is 64.9 Å². The molecule has 0 saturated carbocycles. The van der Waals surface area contributed by atoms with Gasteiger partial charge in [0.2, 0.25) is 10.0 Å². The Morgan fingerprint density at radius 3 is 2.58 bits per heavy atom. The molecule has 3 rings (SSSR count). The van der Waals surface area contributed by atoms with Crippen LogP contribution in [0.1, 0.15) is 27.2 Å². The van der Waals surface area contributed by atoms with Crippen molar-refractivity contribution in [2.75, 3.05) is 11.0 Å². The maximum Gasteiger partial charge on any atom is 0.251 e. The van der Waals surface area contributed by atoms with Crippen LogP contribution in [0.25, 0.3) is 11.0 Å². The number of carbonyl (C=O) groups is 1. The molecular weight excluding hydrogens is 352 g/mol. The highest BCUT2D eigenvalue weighted by atomic mass is 32.2. The Morgan fingerprint density at radius 2 is 1.85 bits per heavy atom. The van der Waals surface area contributed by atoms with Crippen LogP contribution in [0.15, 0.2) is 46.9 Å². The highest BCUT2D eigenvalue weighted by Gasteiger charge is 2.14. The van der Waals surface area contributed by atoms with Gasteiger partial charge in [-0.05, 0) is 37.6 Å². The average molecular weight is 372 g/mol. The first-order valence-corrected chi connectivity index (χ1v) is 9.97. The molecule has 0 saturated heterocycles. The fraction of sp³-hybridized carbons (Fsp3) is 0.211. The summed E-state index contributed by atoms with van der Waals surface area (Å²) in [5, 5.41) is 3.83. The van der Waals surface area contributed by atoms with Crippen LogP contribution in [0.4, 0.5) is 5.69 Å². The minimum Gasteiger partial charge on any atom is -0.461 e. The number of para-hydroxylation sites is 1. The Kier molecular flexibility index (Phi) is 4.73. The third-order valence-corrected chi connectivity index (χ3v) is 4.71.